The lowest BCUT2D eigenvalue weighted by Gasteiger charge is -2.05. The standard InChI is InChI=1S/C15H18N2O3S/c1-11-4-2-5-12(8-11)19-9-14-16-17-15(20-14)21-10-13-6-3-7-18-13/h2,4-5,8,13H,3,6-7,9-10H2,1H3. The first-order valence-corrected chi connectivity index (χ1v) is 8.04. The van der Waals surface area contributed by atoms with Gasteiger partial charge in [0.15, 0.2) is 6.61 Å². The van der Waals surface area contributed by atoms with Gasteiger partial charge in [0.2, 0.25) is 0 Å². The zero-order valence-electron chi connectivity index (χ0n) is 11.9. The van der Waals surface area contributed by atoms with Gasteiger partial charge in [-0.1, -0.05) is 23.9 Å². The SMILES string of the molecule is Cc1cccc(OCc2nnc(SCC3CCCO3)o2)c1. The van der Waals surface area contributed by atoms with Gasteiger partial charge in [-0.25, -0.2) is 0 Å². The molecule has 2 heterocycles. The van der Waals surface area contributed by atoms with Gasteiger partial charge in [-0.3, -0.25) is 0 Å². The lowest BCUT2D eigenvalue weighted by atomic mass is 10.2. The van der Waals surface area contributed by atoms with Crippen molar-refractivity contribution >= 4 is 11.8 Å². The summed E-state index contributed by atoms with van der Waals surface area (Å²) in [7, 11) is 0. The van der Waals surface area contributed by atoms with Crippen LogP contribution in [0.2, 0.25) is 0 Å². The molecule has 0 N–H and O–H groups in total. The third kappa shape index (κ3) is 4.22. The summed E-state index contributed by atoms with van der Waals surface area (Å²) in [6, 6.07) is 7.88. The Kier molecular flexibility index (Phi) is 4.77. The molecule has 0 amide bonds. The van der Waals surface area contributed by atoms with Crippen molar-refractivity contribution in [2.75, 3.05) is 12.4 Å². The van der Waals surface area contributed by atoms with Crippen LogP contribution in [0.4, 0.5) is 0 Å². The fourth-order valence-corrected chi connectivity index (χ4v) is 2.99. The molecule has 1 fully saturated rings. The predicted molar refractivity (Wildman–Crippen MR) is 79.5 cm³/mol. The topological polar surface area (TPSA) is 57.4 Å². The van der Waals surface area contributed by atoms with Crippen molar-refractivity contribution in [2.45, 2.75) is 37.7 Å². The quantitative estimate of drug-likeness (QED) is 0.764. The highest BCUT2D eigenvalue weighted by atomic mass is 32.2. The fraction of sp³-hybridized carbons (Fsp3) is 0.467. The number of thioether (sulfide) groups is 1. The molecule has 1 saturated heterocycles. The highest BCUT2D eigenvalue weighted by molar-refractivity contribution is 7.99. The molecule has 112 valence electrons. The van der Waals surface area contributed by atoms with Crippen molar-refractivity contribution < 1.29 is 13.9 Å². The Labute approximate surface area is 128 Å². The number of nitrogens with zero attached hydrogens (tertiary/aromatic N) is 2. The average Bonchev–Trinajstić information content (AvgIpc) is 3.15. The molecule has 21 heavy (non-hydrogen) atoms. The summed E-state index contributed by atoms with van der Waals surface area (Å²) in [6.07, 6.45) is 2.57. The van der Waals surface area contributed by atoms with E-state index in [2.05, 4.69) is 10.2 Å². The second-order valence-electron chi connectivity index (χ2n) is 5.01. The summed E-state index contributed by atoms with van der Waals surface area (Å²) in [4.78, 5) is 0. The van der Waals surface area contributed by atoms with Crippen molar-refractivity contribution in [1.82, 2.24) is 10.2 Å². The minimum Gasteiger partial charge on any atom is -0.484 e. The van der Waals surface area contributed by atoms with Crippen LogP contribution in [0.1, 0.15) is 24.3 Å². The minimum absolute atomic E-state index is 0.289. The maximum Gasteiger partial charge on any atom is 0.276 e. The van der Waals surface area contributed by atoms with E-state index in [1.165, 1.54) is 0 Å². The van der Waals surface area contributed by atoms with Gasteiger partial charge in [-0.2, -0.15) is 0 Å². The molecule has 1 aromatic carbocycles. The second kappa shape index (κ2) is 6.95. The highest BCUT2D eigenvalue weighted by Gasteiger charge is 2.17. The fourth-order valence-electron chi connectivity index (χ4n) is 2.15. The maximum atomic E-state index is 5.63. The van der Waals surface area contributed by atoms with Crippen molar-refractivity contribution in [3.05, 3.63) is 35.7 Å². The van der Waals surface area contributed by atoms with Crippen molar-refractivity contribution in [2.24, 2.45) is 0 Å². The average molecular weight is 306 g/mol. The van der Waals surface area contributed by atoms with Crippen LogP contribution in [0.5, 0.6) is 5.75 Å². The number of ether oxygens (including phenoxy) is 2. The lowest BCUT2D eigenvalue weighted by molar-refractivity contribution is 0.128. The van der Waals surface area contributed by atoms with E-state index in [4.69, 9.17) is 13.9 Å². The van der Waals surface area contributed by atoms with E-state index in [0.29, 0.717) is 17.2 Å². The van der Waals surface area contributed by atoms with Crippen molar-refractivity contribution in [3.63, 3.8) is 0 Å². The van der Waals surface area contributed by atoms with Crippen molar-refractivity contribution in [3.8, 4) is 5.75 Å². The van der Waals surface area contributed by atoms with Gasteiger partial charge < -0.3 is 13.9 Å². The van der Waals surface area contributed by atoms with Crippen LogP contribution < -0.4 is 4.74 Å². The molecular formula is C15H18N2O3S. The third-order valence-corrected chi connectivity index (χ3v) is 4.17. The summed E-state index contributed by atoms with van der Waals surface area (Å²) in [6.45, 7) is 3.18. The molecule has 1 aliphatic heterocycles. The zero-order chi connectivity index (χ0) is 14.5. The van der Waals surface area contributed by atoms with E-state index in [1.807, 2.05) is 31.2 Å². The molecule has 6 heteroatoms. The van der Waals surface area contributed by atoms with E-state index in [9.17, 15) is 0 Å². The van der Waals surface area contributed by atoms with Crippen LogP contribution in [0, 0.1) is 6.92 Å². The molecule has 0 spiro atoms. The molecule has 3 rings (SSSR count). The maximum absolute atomic E-state index is 5.63. The Bertz CT molecular complexity index is 582. The van der Waals surface area contributed by atoms with E-state index >= 15 is 0 Å². The smallest absolute Gasteiger partial charge is 0.276 e. The summed E-state index contributed by atoms with van der Waals surface area (Å²) >= 11 is 1.54. The second-order valence-corrected chi connectivity index (χ2v) is 5.98. The molecular weight excluding hydrogens is 288 g/mol. The van der Waals surface area contributed by atoms with E-state index in [1.54, 1.807) is 11.8 Å². The van der Waals surface area contributed by atoms with Gasteiger partial charge in [0.25, 0.3) is 11.1 Å². The first-order valence-electron chi connectivity index (χ1n) is 7.06. The number of rotatable bonds is 6. The van der Waals surface area contributed by atoms with Gasteiger partial charge in [0.05, 0.1) is 6.10 Å². The molecule has 0 saturated carbocycles. The van der Waals surface area contributed by atoms with Crippen LogP contribution >= 0.6 is 11.8 Å². The number of aryl methyl sites for hydroxylation is 1. The van der Waals surface area contributed by atoms with E-state index in [-0.39, 0.29) is 6.61 Å². The highest BCUT2D eigenvalue weighted by Crippen LogP contribution is 2.23. The lowest BCUT2D eigenvalue weighted by Crippen LogP contribution is -2.07. The van der Waals surface area contributed by atoms with Crippen LogP contribution in [0.25, 0.3) is 0 Å². The number of hydrogen-bond acceptors (Lipinski definition) is 6. The first kappa shape index (κ1) is 14.4. The molecule has 0 bridgehead atoms. The first-order chi connectivity index (χ1) is 10.3. The molecule has 5 nitrogen and oxygen atoms in total. The molecule has 1 unspecified atom stereocenters. The van der Waals surface area contributed by atoms with Crippen LogP contribution in [-0.4, -0.2) is 28.7 Å². The van der Waals surface area contributed by atoms with E-state index in [0.717, 1.165) is 36.5 Å². The minimum atomic E-state index is 0.289. The molecule has 1 aromatic heterocycles. The number of aromatic nitrogens is 2. The summed E-state index contributed by atoms with van der Waals surface area (Å²) < 4.78 is 16.8. The molecule has 0 aliphatic carbocycles. The van der Waals surface area contributed by atoms with Gasteiger partial charge in [-0.15, -0.1) is 10.2 Å². The number of hydrogen-bond donors (Lipinski definition) is 0. The Balaban J connectivity index is 1.48. The Morgan fingerprint density at radius 3 is 3.14 bits per heavy atom. The predicted octanol–water partition coefficient (Wildman–Crippen LogP) is 3.23. The summed E-state index contributed by atoms with van der Waals surface area (Å²) in [5.41, 5.74) is 1.16. The van der Waals surface area contributed by atoms with Crippen LogP contribution in [0.15, 0.2) is 33.9 Å². The van der Waals surface area contributed by atoms with Gasteiger partial charge in [0.1, 0.15) is 5.75 Å². The summed E-state index contributed by atoms with van der Waals surface area (Å²) in [5.74, 6) is 2.16. The Hall–Kier alpha value is -1.53. The Morgan fingerprint density at radius 1 is 1.38 bits per heavy atom. The monoisotopic (exact) mass is 306 g/mol. The van der Waals surface area contributed by atoms with Gasteiger partial charge >= 0.3 is 0 Å². The van der Waals surface area contributed by atoms with Crippen molar-refractivity contribution in [1.29, 1.82) is 0 Å². The normalized spacial score (nSPS) is 18.0. The van der Waals surface area contributed by atoms with Gasteiger partial charge in [-0.05, 0) is 37.5 Å². The van der Waals surface area contributed by atoms with E-state index < -0.39 is 0 Å². The third-order valence-electron chi connectivity index (χ3n) is 3.22. The number of benzene rings is 1. The molecule has 0 radical (unpaired) electrons. The zero-order valence-corrected chi connectivity index (χ0v) is 12.8. The van der Waals surface area contributed by atoms with Crippen LogP contribution in [-0.2, 0) is 11.3 Å². The molecule has 2 aromatic rings. The Morgan fingerprint density at radius 2 is 2.33 bits per heavy atom. The van der Waals surface area contributed by atoms with Gasteiger partial charge in [0, 0.05) is 12.4 Å². The summed E-state index contributed by atoms with van der Waals surface area (Å²) in [5, 5.41) is 8.59. The molecule has 1 atom stereocenters. The van der Waals surface area contributed by atoms with Crippen LogP contribution in [0.3, 0.4) is 0 Å². The largest absolute Gasteiger partial charge is 0.484 e. The molecule has 1 aliphatic rings.